The molecule has 0 bridgehead atoms. The van der Waals surface area contributed by atoms with E-state index in [0.717, 1.165) is 5.56 Å². The second kappa shape index (κ2) is 5.39. The minimum atomic E-state index is -3.92. The van der Waals surface area contributed by atoms with Crippen molar-refractivity contribution in [3.8, 4) is 0 Å². The molecule has 0 N–H and O–H groups in total. The third-order valence-electron chi connectivity index (χ3n) is 2.72. The van der Waals surface area contributed by atoms with Crippen LogP contribution >= 0.6 is 34.8 Å². The summed E-state index contributed by atoms with van der Waals surface area (Å²) in [5.74, 6) is -0.685. The predicted molar refractivity (Wildman–Crippen MR) is 75.6 cm³/mol. The Morgan fingerprint density at radius 2 is 1.84 bits per heavy atom. The highest BCUT2D eigenvalue weighted by Gasteiger charge is 2.49. The van der Waals surface area contributed by atoms with Crippen LogP contribution in [0.25, 0.3) is 0 Å². The van der Waals surface area contributed by atoms with E-state index in [2.05, 4.69) is 0 Å². The lowest BCUT2D eigenvalue weighted by Crippen LogP contribution is -2.24. The maximum atomic E-state index is 11.7. The Bertz CT molecular complexity index is 544. The predicted octanol–water partition coefficient (Wildman–Crippen LogP) is 3.06. The second-order valence-corrected chi connectivity index (χ2v) is 8.42. The molecular weight excluding hydrogens is 333 g/mol. The van der Waals surface area contributed by atoms with Gasteiger partial charge in [-0.2, -0.15) is 17.8 Å². The van der Waals surface area contributed by atoms with Gasteiger partial charge < -0.3 is 0 Å². The van der Waals surface area contributed by atoms with Crippen LogP contribution in [0.15, 0.2) is 30.3 Å². The van der Waals surface area contributed by atoms with Crippen molar-refractivity contribution >= 4 is 44.9 Å². The summed E-state index contributed by atoms with van der Waals surface area (Å²) < 4.78 is 26.5. The molecule has 0 aromatic heterocycles. The van der Waals surface area contributed by atoms with Crippen LogP contribution in [-0.4, -0.2) is 29.1 Å². The van der Waals surface area contributed by atoms with E-state index >= 15 is 0 Å². The van der Waals surface area contributed by atoms with E-state index in [4.69, 9.17) is 39.1 Å². The van der Waals surface area contributed by atoms with Crippen molar-refractivity contribution in [2.75, 3.05) is 5.75 Å². The van der Waals surface area contributed by atoms with E-state index in [1.807, 2.05) is 37.3 Å². The zero-order valence-electron chi connectivity index (χ0n) is 9.96. The summed E-state index contributed by atoms with van der Waals surface area (Å²) in [7, 11) is -3.92. The smallest absolute Gasteiger partial charge is 0.198 e. The van der Waals surface area contributed by atoms with Crippen molar-refractivity contribution < 1.29 is 12.7 Å². The van der Waals surface area contributed by atoms with E-state index in [-0.39, 0.29) is 12.1 Å². The van der Waals surface area contributed by atoms with Gasteiger partial charge in [0.1, 0.15) is 5.75 Å². The fourth-order valence-corrected chi connectivity index (χ4v) is 4.02. The summed E-state index contributed by atoms with van der Waals surface area (Å²) in [4.78, 5) is 0. The van der Waals surface area contributed by atoms with Crippen LogP contribution in [0.2, 0.25) is 0 Å². The van der Waals surface area contributed by atoms with Gasteiger partial charge in [0.05, 0.1) is 12.1 Å². The topological polar surface area (TPSA) is 46.4 Å². The molecule has 1 aromatic rings. The zero-order chi connectivity index (χ0) is 14.3. The molecule has 1 aliphatic heterocycles. The van der Waals surface area contributed by atoms with Gasteiger partial charge in [-0.1, -0.05) is 65.1 Å². The highest BCUT2D eigenvalue weighted by molar-refractivity contribution is 7.87. The number of halogens is 3. The molecule has 0 aliphatic carbocycles. The first-order valence-electron chi connectivity index (χ1n) is 5.52. The normalized spacial score (nSPS) is 27.3. The van der Waals surface area contributed by atoms with E-state index in [1.165, 1.54) is 5.06 Å². The Labute approximate surface area is 127 Å². The minimum absolute atomic E-state index is 0.0347. The van der Waals surface area contributed by atoms with Crippen molar-refractivity contribution in [2.24, 2.45) is 0 Å². The number of benzene rings is 1. The molecule has 0 radical (unpaired) electrons. The second-order valence-electron chi connectivity index (χ2n) is 4.35. The molecule has 106 valence electrons. The summed E-state index contributed by atoms with van der Waals surface area (Å²) >= 11 is 16.4. The monoisotopic (exact) mass is 343 g/mol. The molecule has 19 heavy (non-hydrogen) atoms. The summed E-state index contributed by atoms with van der Waals surface area (Å²) in [6.45, 7) is 1.86. The van der Waals surface area contributed by atoms with Gasteiger partial charge in [-0.15, -0.1) is 0 Å². The highest BCUT2D eigenvalue weighted by Crippen LogP contribution is 2.44. The van der Waals surface area contributed by atoms with Crippen molar-refractivity contribution in [3.63, 3.8) is 0 Å². The molecule has 1 fully saturated rings. The molecule has 1 aliphatic rings. The van der Waals surface area contributed by atoms with Gasteiger partial charge >= 0.3 is 0 Å². The van der Waals surface area contributed by atoms with Crippen LogP contribution in [-0.2, 0) is 14.4 Å². The Balaban J connectivity index is 2.03. The molecule has 8 heteroatoms. The maximum absolute atomic E-state index is 11.7. The average Bonchev–Trinajstić information content (AvgIpc) is 2.85. The molecule has 1 heterocycles. The first-order chi connectivity index (χ1) is 8.70. The lowest BCUT2D eigenvalue weighted by Gasteiger charge is -2.11. The number of hydrogen-bond donors (Lipinski definition) is 0. The van der Waals surface area contributed by atoms with Gasteiger partial charge in [-0.25, -0.2) is 0 Å². The molecule has 3 atom stereocenters. The van der Waals surface area contributed by atoms with Crippen LogP contribution in [0, 0.1) is 0 Å². The number of nitrogens with zero attached hydrogens (tertiary/aromatic N) is 1. The first-order valence-corrected chi connectivity index (χ1v) is 8.23. The first kappa shape index (κ1) is 15.4. The van der Waals surface area contributed by atoms with Gasteiger partial charge in [0.2, 0.25) is 3.79 Å². The van der Waals surface area contributed by atoms with Crippen molar-refractivity contribution in [3.05, 3.63) is 35.9 Å². The largest absolute Gasteiger partial charge is 0.287 e. The Hall–Kier alpha value is -0.0400. The van der Waals surface area contributed by atoms with Crippen molar-refractivity contribution in [1.29, 1.82) is 0 Å². The van der Waals surface area contributed by atoms with Gasteiger partial charge in [-0.05, 0) is 12.5 Å². The number of rotatable bonds is 4. The Morgan fingerprint density at radius 3 is 2.37 bits per heavy atom. The Morgan fingerprint density at radius 1 is 1.26 bits per heavy atom. The van der Waals surface area contributed by atoms with Crippen LogP contribution in [0.4, 0.5) is 0 Å². The van der Waals surface area contributed by atoms with E-state index < -0.39 is 19.7 Å². The summed E-state index contributed by atoms with van der Waals surface area (Å²) in [5, 5.41) is 1.38. The molecule has 2 rings (SSSR count). The molecule has 1 saturated heterocycles. The standard InChI is InChI=1S/C11H12Cl3NO3S/c1-8-10(9-5-3-2-4-6-9)15(8)18-19(16,17)7-11(12,13)14/h2-6,8,10H,7H2,1H3/t8-,10+,15?/m0/s1. The van der Waals surface area contributed by atoms with E-state index in [9.17, 15) is 8.42 Å². The molecule has 0 saturated carbocycles. The SMILES string of the molecule is C[C@H]1[C@H](c2ccccc2)N1OS(=O)(=O)CC(Cl)(Cl)Cl. The fraction of sp³-hybridized carbons (Fsp3) is 0.455. The van der Waals surface area contributed by atoms with Gasteiger partial charge in [-0.3, -0.25) is 0 Å². The van der Waals surface area contributed by atoms with Crippen LogP contribution in [0.3, 0.4) is 0 Å². The number of hydroxylamine groups is 2. The fourth-order valence-electron chi connectivity index (χ4n) is 1.87. The zero-order valence-corrected chi connectivity index (χ0v) is 13.0. The van der Waals surface area contributed by atoms with Crippen LogP contribution in [0.1, 0.15) is 18.5 Å². The minimum Gasteiger partial charge on any atom is -0.198 e. The lowest BCUT2D eigenvalue weighted by atomic mass is 10.1. The van der Waals surface area contributed by atoms with Crippen molar-refractivity contribution in [2.45, 2.75) is 22.8 Å². The lowest BCUT2D eigenvalue weighted by molar-refractivity contribution is 0.0504. The number of hydrogen-bond acceptors (Lipinski definition) is 4. The van der Waals surface area contributed by atoms with Crippen molar-refractivity contribution in [1.82, 2.24) is 5.06 Å². The molecule has 1 unspecified atom stereocenters. The Kier molecular flexibility index (Phi) is 4.35. The molecule has 4 nitrogen and oxygen atoms in total. The van der Waals surface area contributed by atoms with Crippen LogP contribution < -0.4 is 0 Å². The average molecular weight is 345 g/mol. The van der Waals surface area contributed by atoms with Gasteiger partial charge in [0.25, 0.3) is 10.1 Å². The highest BCUT2D eigenvalue weighted by atomic mass is 35.6. The molecular formula is C11H12Cl3NO3S. The van der Waals surface area contributed by atoms with Gasteiger partial charge in [0.15, 0.2) is 0 Å². The van der Waals surface area contributed by atoms with E-state index in [1.54, 1.807) is 0 Å². The molecule has 0 amide bonds. The summed E-state index contributed by atoms with van der Waals surface area (Å²) in [5.41, 5.74) is 0.985. The maximum Gasteiger partial charge on any atom is 0.287 e. The van der Waals surface area contributed by atoms with Crippen LogP contribution in [0.5, 0.6) is 0 Å². The third-order valence-corrected chi connectivity index (χ3v) is 4.79. The van der Waals surface area contributed by atoms with Gasteiger partial charge in [0, 0.05) is 0 Å². The summed E-state index contributed by atoms with van der Waals surface area (Å²) in [6.07, 6.45) is 0. The summed E-state index contributed by atoms with van der Waals surface area (Å²) in [6, 6.07) is 9.35. The molecule has 1 aromatic carbocycles. The quantitative estimate of drug-likeness (QED) is 0.622. The van der Waals surface area contributed by atoms with E-state index in [0.29, 0.717) is 0 Å². The number of alkyl halides is 3. The third kappa shape index (κ3) is 4.21. The molecule has 0 spiro atoms.